The van der Waals surface area contributed by atoms with Crippen molar-refractivity contribution >= 4 is 23.0 Å². The summed E-state index contributed by atoms with van der Waals surface area (Å²) in [6.45, 7) is 6.80. The lowest BCUT2D eigenvalue weighted by atomic mass is 10.2. The summed E-state index contributed by atoms with van der Waals surface area (Å²) in [6.07, 6.45) is 1.53. The third kappa shape index (κ3) is 4.14. The van der Waals surface area contributed by atoms with Crippen molar-refractivity contribution < 1.29 is 9.84 Å². The molecule has 0 radical (unpaired) electrons. The van der Waals surface area contributed by atoms with Crippen LogP contribution in [0.4, 0.5) is 23.0 Å². The summed E-state index contributed by atoms with van der Waals surface area (Å²) in [7, 11) is 0. The van der Waals surface area contributed by atoms with Crippen molar-refractivity contribution in [3.63, 3.8) is 0 Å². The first-order valence-electron chi connectivity index (χ1n) is 8.90. The van der Waals surface area contributed by atoms with E-state index in [1.54, 1.807) is 0 Å². The summed E-state index contributed by atoms with van der Waals surface area (Å²) in [4.78, 5) is 13.1. The van der Waals surface area contributed by atoms with Gasteiger partial charge in [0.2, 0.25) is 0 Å². The standard InChI is InChI=1S/C18H26N6O2/c1-2-26-15-6-4-3-5-14(15)22-17-16(19)18(21-13-20-17)24-9-7-23(8-10-24)11-12-25/h3-6,13,25H,2,7-12,19H2,1H3,(H,20,21,22). The van der Waals surface area contributed by atoms with Gasteiger partial charge in [0.25, 0.3) is 0 Å². The zero-order valence-corrected chi connectivity index (χ0v) is 15.1. The second-order valence-electron chi connectivity index (χ2n) is 6.07. The van der Waals surface area contributed by atoms with Crippen molar-refractivity contribution in [1.29, 1.82) is 0 Å². The number of rotatable bonds is 7. The molecule has 0 saturated carbocycles. The van der Waals surface area contributed by atoms with Gasteiger partial charge in [-0.3, -0.25) is 4.90 Å². The van der Waals surface area contributed by atoms with Crippen LogP contribution in [0.1, 0.15) is 6.92 Å². The highest BCUT2D eigenvalue weighted by Gasteiger charge is 2.21. The zero-order chi connectivity index (χ0) is 18.4. The van der Waals surface area contributed by atoms with E-state index < -0.39 is 0 Å². The van der Waals surface area contributed by atoms with Crippen LogP contribution in [0.5, 0.6) is 5.75 Å². The van der Waals surface area contributed by atoms with Crippen molar-refractivity contribution in [1.82, 2.24) is 14.9 Å². The molecule has 140 valence electrons. The fraction of sp³-hybridized carbons (Fsp3) is 0.444. The largest absolute Gasteiger partial charge is 0.492 e. The highest BCUT2D eigenvalue weighted by molar-refractivity contribution is 5.79. The molecule has 1 aliphatic rings. The van der Waals surface area contributed by atoms with E-state index in [1.165, 1.54) is 6.33 Å². The van der Waals surface area contributed by atoms with Gasteiger partial charge in [0, 0.05) is 32.7 Å². The second-order valence-corrected chi connectivity index (χ2v) is 6.07. The number of hydrogen-bond acceptors (Lipinski definition) is 8. The van der Waals surface area contributed by atoms with Gasteiger partial charge < -0.3 is 25.8 Å². The molecule has 2 heterocycles. The molecular formula is C18H26N6O2. The van der Waals surface area contributed by atoms with Crippen LogP contribution >= 0.6 is 0 Å². The molecule has 2 aromatic rings. The Morgan fingerprint density at radius 1 is 1.19 bits per heavy atom. The smallest absolute Gasteiger partial charge is 0.159 e. The number of nitrogen functional groups attached to an aromatic ring is 1. The first-order chi connectivity index (χ1) is 12.7. The number of nitrogens with two attached hydrogens (primary N) is 1. The number of β-amino-alcohol motifs (C(OH)–C–C–N with tert-alkyl or cyclic N) is 1. The Balaban J connectivity index is 1.76. The van der Waals surface area contributed by atoms with Crippen molar-refractivity contribution in [2.24, 2.45) is 0 Å². The van der Waals surface area contributed by atoms with E-state index in [4.69, 9.17) is 15.6 Å². The number of aliphatic hydroxyl groups is 1. The topological polar surface area (TPSA) is 99.8 Å². The maximum absolute atomic E-state index is 9.07. The number of anilines is 4. The van der Waals surface area contributed by atoms with E-state index in [2.05, 4.69) is 25.1 Å². The molecule has 1 fully saturated rings. The summed E-state index contributed by atoms with van der Waals surface area (Å²) < 4.78 is 5.65. The molecule has 4 N–H and O–H groups in total. The summed E-state index contributed by atoms with van der Waals surface area (Å²) in [5, 5.41) is 12.3. The fourth-order valence-electron chi connectivity index (χ4n) is 3.04. The van der Waals surface area contributed by atoms with Crippen LogP contribution in [0.15, 0.2) is 30.6 Å². The molecule has 8 heteroatoms. The minimum atomic E-state index is 0.183. The van der Waals surface area contributed by atoms with Gasteiger partial charge in [-0.2, -0.15) is 0 Å². The minimum Gasteiger partial charge on any atom is -0.492 e. The lowest BCUT2D eigenvalue weighted by Gasteiger charge is -2.35. The number of aliphatic hydroxyl groups excluding tert-OH is 1. The molecule has 3 rings (SSSR count). The van der Waals surface area contributed by atoms with E-state index in [9.17, 15) is 0 Å². The van der Waals surface area contributed by atoms with Crippen LogP contribution < -0.4 is 20.7 Å². The number of benzene rings is 1. The lowest BCUT2D eigenvalue weighted by Crippen LogP contribution is -2.47. The van der Waals surface area contributed by atoms with Crippen LogP contribution in [-0.4, -0.2) is 65.9 Å². The van der Waals surface area contributed by atoms with Crippen LogP contribution in [0.3, 0.4) is 0 Å². The number of para-hydroxylation sites is 2. The molecule has 0 unspecified atom stereocenters. The number of aromatic nitrogens is 2. The summed E-state index contributed by atoms with van der Waals surface area (Å²) in [5.74, 6) is 2.06. The van der Waals surface area contributed by atoms with E-state index in [0.717, 1.165) is 43.4 Å². The highest BCUT2D eigenvalue weighted by Crippen LogP contribution is 2.32. The predicted octanol–water partition coefficient (Wildman–Crippen LogP) is 1.32. The zero-order valence-electron chi connectivity index (χ0n) is 15.1. The average Bonchev–Trinajstić information content (AvgIpc) is 2.66. The van der Waals surface area contributed by atoms with E-state index in [0.29, 0.717) is 24.7 Å². The summed E-state index contributed by atoms with van der Waals surface area (Å²) in [6, 6.07) is 7.70. The Hall–Kier alpha value is -2.58. The van der Waals surface area contributed by atoms with Gasteiger partial charge >= 0.3 is 0 Å². The first-order valence-corrected chi connectivity index (χ1v) is 8.90. The molecule has 0 aliphatic carbocycles. The second kappa shape index (κ2) is 8.68. The van der Waals surface area contributed by atoms with Crippen LogP contribution in [0.2, 0.25) is 0 Å². The number of ether oxygens (including phenoxy) is 1. The van der Waals surface area contributed by atoms with Crippen LogP contribution in [-0.2, 0) is 0 Å². The molecule has 0 bridgehead atoms. The predicted molar refractivity (Wildman–Crippen MR) is 103 cm³/mol. The number of piperazine rings is 1. The monoisotopic (exact) mass is 358 g/mol. The maximum atomic E-state index is 9.07. The van der Waals surface area contributed by atoms with Gasteiger partial charge in [-0.1, -0.05) is 12.1 Å². The average molecular weight is 358 g/mol. The Labute approximate surface area is 153 Å². The first kappa shape index (κ1) is 18.2. The van der Waals surface area contributed by atoms with Crippen molar-refractivity contribution in [2.75, 3.05) is 61.9 Å². The third-order valence-corrected chi connectivity index (χ3v) is 4.39. The minimum absolute atomic E-state index is 0.183. The lowest BCUT2D eigenvalue weighted by molar-refractivity contribution is 0.188. The van der Waals surface area contributed by atoms with Crippen LogP contribution in [0, 0.1) is 0 Å². The van der Waals surface area contributed by atoms with Crippen LogP contribution in [0.25, 0.3) is 0 Å². The van der Waals surface area contributed by atoms with E-state index in [1.807, 2.05) is 31.2 Å². The van der Waals surface area contributed by atoms with Crippen molar-refractivity contribution in [3.8, 4) is 5.75 Å². The number of hydrogen-bond donors (Lipinski definition) is 3. The third-order valence-electron chi connectivity index (χ3n) is 4.39. The molecule has 26 heavy (non-hydrogen) atoms. The van der Waals surface area contributed by atoms with Gasteiger partial charge in [-0.15, -0.1) is 0 Å². The number of nitrogens with zero attached hydrogens (tertiary/aromatic N) is 4. The van der Waals surface area contributed by atoms with Gasteiger partial charge in [0.15, 0.2) is 11.6 Å². The molecule has 1 aromatic carbocycles. The Bertz CT molecular complexity index is 719. The molecule has 1 aromatic heterocycles. The highest BCUT2D eigenvalue weighted by atomic mass is 16.5. The fourth-order valence-corrected chi connectivity index (χ4v) is 3.04. The van der Waals surface area contributed by atoms with Crippen molar-refractivity contribution in [3.05, 3.63) is 30.6 Å². The SMILES string of the molecule is CCOc1ccccc1Nc1ncnc(N2CCN(CCO)CC2)c1N. The molecule has 0 amide bonds. The molecule has 8 nitrogen and oxygen atoms in total. The summed E-state index contributed by atoms with van der Waals surface area (Å²) in [5.41, 5.74) is 7.70. The number of nitrogens with one attached hydrogen (secondary N) is 1. The Kier molecular flexibility index (Phi) is 6.08. The van der Waals surface area contributed by atoms with E-state index in [-0.39, 0.29) is 6.61 Å². The molecule has 0 atom stereocenters. The Morgan fingerprint density at radius 3 is 2.69 bits per heavy atom. The maximum Gasteiger partial charge on any atom is 0.159 e. The normalized spacial score (nSPS) is 15.1. The molecule has 1 aliphatic heterocycles. The molecule has 0 spiro atoms. The van der Waals surface area contributed by atoms with E-state index >= 15 is 0 Å². The Morgan fingerprint density at radius 2 is 1.96 bits per heavy atom. The quantitative estimate of drug-likeness (QED) is 0.681. The molecule has 1 saturated heterocycles. The van der Waals surface area contributed by atoms with Crippen molar-refractivity contribution in [2.45, 2.75) is 6.92 Å². The van der Waals surface area contributed by atoms with Gasteiger partial charge in [0.05, 0.1) is 18.9 Å². The van der Waals surface area contributed by atoms with Gasteiger partial charge in [-0.05, 0) is 19.1 Å². The molecular weight excluding hydrogens is 332 g/mol. The summed E-state index contributed by atoms with van der Waals surface area (Å²) >= 11 is 0. The van der Waals surface area contributed by atoms with Gasteiger partial charge in [0.1, 0.15) is 17.8 Å². The van der Waals surface area contributed by atoms with Gasteiger partial charge in [-0.25, -0.2) is 9.97 Å².